The zero-order chi connectivity index (χ0) is 28.5. The molecule has 0 saturated carbocycles. The number of carbonyl (C=O) groups excluding carboxylic acids is 2. The van der Waals surface area contributed by atoms with Crippen molar-refractivity contribution in [3.63, 3.8) is 0 Å². The second-order valence-electron chi connectivity index (χ2n) is 10.9. The van der Waals surface area contributed by atoms with E-state index in [1.165, 1.54) is 88.4 Å². The zero-order valence-electron chi connectivity index (χ0n) is 23.6. The van der Waals surface area contributed by atoms with E-state index in [0.29, 0.717) is 25.0 Å². The quantitative estimate of drug-likeness (QED) is 0.0967. The van der Waals surface area contributed by atoms with Crippen LogP contribution in [0.3, 0.4) is 0 Å². The first kappa shape index (κ1) is 33.1. The predicted octanol–water partition coefficient (Wildman–Crippen LogP) is 9.25. The van der Waals surface area contributed by atoms with Gasteiger partial charge in [-0.25, -0.2) is 9.18 Å². The largest absolute Gasteiger partial charge is 0.464 e. The van der Waals surface area contributed by atoms with Crippen molar-refractivity contribution in [1.82, 2.24) is 4.90 Å². The number of unbranched alkanes of at least 4 members (excludes halogenated alkanes) is 15. The first-order chi connectivity index (χ1) is 18.7. The van der Waals surface area contributed by atoms with Crippen molar-refractivity contribution in [3.05, 3.63) is 35.1 Å². The van der Waals surface area contributed by atoms with Gasteiger partial charge >= 0.3 is 12.1 Å². The lowest BCUT2D eigenvalue weighted by Crippen LogP contribution is -2.41. The molecule has 1 aliphatic rings. The van der Waals surface area contributed by atoms with Gasteiger partial charge in [-0.15, -0.1) is 0 Å². The maximum Gasteiger partial charge on any atom is 0.416 e. The molecule has 1 heterocycles. The van der Waals surface area contributed by atoms with Gasteiger partial charge in [0.1, 0.15) is 11.9 Å². The van der Waals surface area contributed by atoms with Crippen LogP contribution in [0.4, 0.5) is 17.6 Å². The Balaban J connectivity index is 1.55. The van der Waals surface area contributed by atoms with Crippen LogP contribution in [-0.4, -0.2) is 36.0 Å². The third-order valence-electron chi connectivity index (χ3n) is 7.50. The van der Waals surface area contributed by atoms with Crippen molar-refractivity contribution in [1.29, 1.82) is 0 Å². The van der Waals surface area contributed by atoms with E-state index in [-0.39, 0.29) is 13.2 Å². The molecule has 0 spiro atoms. The minimum absolute atomic E-state index is 0.218. The summed E-state index contributed by atoms with van der Waals surface area (Å²) in [5, 5.41) is 0. The van der Waals surface area contributed by atoms with Gasteiger partial charge in [0.15, 0.2) is 0 Å². The number of rotatable bonds is 19. The minimum Gasteiger partial charge on any atom is -0.464 e. The van der Waals surface area contributed by atoms with Crippen LogP contribution in [0.25, 0.3) is 0 Å². The van der Waals surface area contributed by atoms with Gasteiger partial charge in [-0.2, -0.15) is 13.2 Å². The van der Waals surface area contributed by atoms with E-state index in [4.69, 9.17) is 4.74 Å². The van der Waals surface area contributed by atoms with E-state index in [1.807, 2.05) is 0 Å². The fourth-order valence-electron chi connectivity index (χ4n) is 5.22. The summed E-state index contributed by atoms with van der Waals surface area (Å²) in [7, 11) is 0. The summed E-state index contributed by atoms with van der Waals surface area (Å²) < 4.78 is 58.2. The van der Waals surface area contributed by atoms with Crippen molar-refractivity contribution in [2.45, 2.75) is 135 Å². The molecule has 1 fully saturated rings. The fourth-order valence-corrected chi connectivity index (χ4v) is 5.22. The summed E-state index contributed by atoms with van der Waals surface area (Å²) >= 11 is 0. The molecule has 1 unspecified atom stereocenters. The number of nitrogens with zero attached hydrogens (tertiary/aromatic N) is 1. The van der Waals surface area contributed by atoms with Crippen LogP contribution in [0.1, 0.15) is 138 Å². The summed E-state index contributed by atoms with van der Waals surface area (Å²) in [6.07, 6.45) is 16.1. The molecule has 0 aromatic heterocycles. The smallest absolute Gasteiger partial charge is 0.416 e. The Hall–Kier alpha value is -2.12. The van der Waals surface area contributed by atoms with E-state index in [0.717, 1.165) is 25.3 Å². The predicted molar refractivity (Wildman–Crippen MR) is 146 cm³/mol. The number of esters is 1. The van der Waals surface area contributed by atoms with E-state index in [1.54, 1.807) is 0 Å². The van der Waals surface area contributed by atoms with Gasteiger partial charge in [-0.3, -0.25) is 4.79 Å². The van der Waals surface area contributed by atoms with Crippen molar-refractivity contribution in [2.24, 2.45) is 0 Å². The molecule has 1 saturated heterocycles. The molecule has 222 valence electrons. The van der Waals surface area contributed by atoms with Crippen LogP contribution in [0.15, 0.2) is 18.2 Å². The monoisotopic (exact) mass is 557 g/mol. The van der Waals surface area contributed by atoms with Gasteiger partial charge in [0, 0.05) is 12.1 Å². The summed E-state index contributed by atoms with van der Waals surface area (Å²) in [6.45, 7) is 2.72. The summed E-state index contributed by atoms with van der Waals surface area (Å²) in [5.74, 6) is -2.48. The van der Waals surface area contributed by atoms with E-state index in [2.05, 4.69) is 6.92 Å². The lowest BCUT2D eigenvalue weighted by Gasteiger charge is -2.23. The average Bonchev–Trinajstić information content (AvgIpc) is 3.39. The SMILES string of the molecule is CCCCCCCCCCCCCCCCCCOC(=O)C1CCCN1C(=O)c1cc(F)cc(C(F)(F)F)c1. The third kappa shape index (κ3) is 12.7. The van der Waals surface area contributed by atoms with Crippen LogP contribution in [0.2, 0.25) is 0 Å². The maximum atomic E-state index is 13.8. The van der Waals surface area contributed by atoms with E-state index < -0.39 is 41.0 Å². The minimum atomic E-state index is -4.77. The summed E-state index contributed by atoms with van der Waals surface area (Å²) in [6, 6.07) is 0.901. The number of benzene rings is 1. The number of amides is 1. The van der Waals surface area contributed by atoms with Gasteiger partial charge in [-0.05, 0) is 37.5 Å². The molecule has 2 rings (SSSR count). The first-order valence-corrected chi connectivity index (χ1v) is 15.1. The summed E-state index contributed by atoms with van der Waals surface area (Å²) in [4.78, 5) is 26.6. The highest BCUT2D eigenvalue weighted by Gasteiger charge is 2.37. The molecule has 1 amide bonds. The molecule has 1 aromatic carbocycles. The zero-order valence-corrected chi connectivity index (χ0v) is 23.6. The number of carbonyl (C=O) groups is 2. The third-order valence-corrected chi connectivity index (χ3v) is 7.50. The van der Waals surface area contributed by atoms with Crippen LogP contribution < -0.4 is 0 Å². The molecule has 1 aromatic rings. The number of likely N-dealkylation sites (tertiary alicyclic amines) is 1. The van der Waals surface area contributed by atoms with Crippen LogP contribution in [-0.2, 0) is 15.7 Å². The van der Waals surface area contributed by atoms with Gasteiger partial charge < -0.3 is 9.64 Å². The van der Waals surface area contributed by atoms with Crippen molar-refractivity contribution >= 4 is 11.9 Å². The van der Waals surface area contributed by atoms with Crippen molar-refractivity contribution in [2.75, 3.05) is 13.2 Å². The van der Waals surface area contributed by atoms with Crippen LogP contribution in [0.5, 0.6) is 0 Å². The lowest BCUT2D eigenvalue weighted by molar-refractivity contribution is -0.148. The van der Waals surface area contributed by atoms with E-state index >= 15 is 0 Å². The Bertz CT molecular complexity index is 859. The normalized spacial score (nSPS) is 15.6. The van der Waals surface area contributed by atoms with Crippen molar-refractivity contribution in [3.8, 4) is 0 Å². The van der Waals surface area contributed by atoms with Gasteiger partial charge in [0.25, 0.3) is 5.91 Å². The standard InChI is InChI=1S/C31H47F4NO3/c1-2-3-4-5-6-7-8-9-10-11-12-13-14-15-16-17-21-39-30(38)28-19-18-20-36(28)29(37)25-22-26(31(33,34)35)24-27(32)23-25/h22-24,28H,2-21H2,1H3. The molecule has 0 aliphatic carbocycles. The number of halogens is 4. The maximum absolute atomic E-state index is 13.8. The molecular formula is C31H47F4NO3. The molecule has 1 aliphatic heterocycles. The van der Waals surface area contributed by atoms with Gasteiger partial charge in [-0.1, -0.05) is 103 Å². The highest BCUT2D eigenvalue weighted by molar-refractivity contribution is 5.97. The Kier molecular flexibility index (Phi) is 15.5. The number of alkyl halides is 3. The fraction of sp³-hybridized carbons (Fsp3) is 0.742. The highest BCUT2D eigenvalue weighted by Crippen LogP contribution is 2.31. The topological polar surface area (TPSA) is 46.6 Å². The second-order valence-corrected chi connectivity index (χ2v) is 10.9. The highest BCUT2D eigenvalue weighted by atomic mass is 19.4. The Morgan fingerprint density at radius 3 is 1.85 bits per heavy atom. The molecular weight excluding hydrogens is 510 g/mol. The molecule has 0 bridgehead atoms. The Labute approximate surface area is 231 Å². The lowest BCUT2D eigenvalue weighted by atomic mass is 10.0. The Morgan fingerprint density at radius 2 is 1.33 bits per heavy atom. The molecule has 0 N–H and O–H groups in total. The van der Waals surface area contributed by atoms with Gasteiger partial charge in [0.05, 0.1) is 12.2 Å². The number of ether oxygens (including phenoxy) is 1. The van der Waals surface area contributed by atoms with Gasteiger partial charge in [0.2, 0.25) is 0 Å². The molecule has 1 atom stereocenters. The number of hydrogen-bond acceptors (Lipinski definition) is 3. The van der Waals surface area contributed by atoms with Crippen molar-refractivity contribution < 1.29 is 31.9 Å². The first-order valence-electron chi connectivity index (χ1n) is 15.1. The molecule has 4 nitrogen and oxygen atoms in total. The number of hydrogen-bond donors (Lipinski definition) is 0. The average molecular weight is 558 g/mol. The van der Waals surface area contributed by atoms with E-state index in [9.17, 15) is 27.2 Å². The summed E-state index contributed by atoms with van der Waals surface area (Å²) in [5.41, 5.74) is -1.65. The second kappa shape index (κ2) is 18.3. The molecule has 0 radical (unpaired) electrons. The van der Waals surface area contributed by atoms with Crippen LogP contribution in [0, 0.1) is 5.82 Å². The molecule has 39 heavy (non-hydrogen) atoms. The Morgan fingerprint density at radius 1 is 0.821 bits per heavy atom. The van der Waals surface area contributed by atoms with Crippen LogP contribution >= 0.6 is 0 Å². The molecule has 8 heteroatoms.